The van der Waals surface area contributed by atoms with Gasteiger partial charge in [0.15, 0.2) is 0 Å². The third-order valence-corrected chi connectivity index (χ3v) is 7.05. The number of aliphatic carboxylic acids is 1. The molecule has 4 N–H and O–H groups in total. The maximum absolute atomic E-state index is 12.6. The van der Waals surface area contributed by atoms with Crippen LogP contribution >= 0.6 is 0 Å². The lowest BCUT2D eigenvalue weighted by molar-refractivity contribution is -0.143. The molecule has 0 aliphatic rings. The van der Waals surface area contributed by atoms with E-state index in [-0.39, 0.29) is 5.91 Å². The molecule has 0 saturated heterocycles. The number of unbranched alkanes of at least 4 members (excludes halogenated alkanes) is 1. The van der Waals surface area contributed by atoms with Crippen LogP contribution < -0.4 is 15.8 Å². The molecule has 222 valence electrons. The van der Waals surface area contributed by atoms with Gasteiger partial charge in [-0.3, -0.25) is 14.5 Å². The lowest BCUT2D eigenvalue weighted by Crippen LogP contribution is -2.41. The second-order valence-corrected chi connectivity index (χ2v) is 10.3. The first kappa shape index (κ1) is 31.2. The number of carboxylic acids is 1. The van der Waals surface area contributed by atoms with Gasteiger partial charge in [0.25, 0.3) is 5.91 Å². The molecule has 0 saturated carbocycles. The molecule has 0 aliphatic carbocycles. The molecule has 0 radical (unpaired) electrons. The van der Waals surface area contributed by atoms with Crippen LogP contribution in [0.15, 0.2) is 115 Å². The van der Waals surface area contributed by atoms with Crippen molar-refractivity contribution in [3.63, 3.8) is 0 Å². The number of carbonyl (C=O) groups excluding carboxylic acids is 1. The van der Waals surface area contributed by atoms with E-state index in [0.717, 1.165) is 35.3 Å². The summed E-state index contributed by atoms with van der Waals surface area (Å²) in [7, 11) is 0. The number of benzene rings is 4. The number of hydrogen-bond acceptors (Lipinski definition) is 5. The summed E-state index contributed by atoms with van der Waals surface area (Å²) in [4.78, 5) is 26.9. The van der Waals surface area contributed by atoms with Gasteiger partial charge in [-0.1, -0.05) is 91.4 Å². The summed E-state index contributed by atoms with van der Waals surface area (Å²) in [5.74, 6) is -0.263. The summed E-state index contributed by atoms with van der Waals surface area (Å²) in [6, 6.07) is 33.8. The smallest absolute Gasteiger partial charge is 0.320 e. The minimum atomic E-state index is -0.848. The summed E-state index contributed by atoms with van der Waals surface area (Å²) in [5, 5.41) is 13.1. The fourth-order valence-corrected chi connectivity index (χ4v) is 4.75. The van der Waals surface area contributed by atoms with E-state index in [2.05, 4.69) is 5.32 Å². The maximum atomic E-state index is 12.6. The average Bonchev–Trinajstić information content (AvgIpc) is 3.03. The van der Waals surface area contributed by atoms with Gasteiger partial charge in [-0.15, -0.1) is 0 Å². The SMILES string of the molecule is NCCCC[C@@H](C(=O)O)N(C/C=C/c1cccc(NC(=O)c2ccccc2)c1)Cc1ccc(OCc2ccccc2)cc1. The predicted molar refractivity (Wildman–Crippen MR) is 172 cm³/mol. The lowest BCUT2D eigenvalue weighted by atomic mass is 10.1. The molecule has 0 heterocycles. The number of rotatable bonds is 16. The molecule has 0 unspecified atom stereocenters. The fraction of sp³-hybridized carbons (Fsp3) is 0.222. The van der Waals surface area contributed by atoms with Gasteiger partial charge in [0, 0.05) is 24.3 Å². The van der Waals surface area contributed by atoms with E-state index < -0.39 is 12.0 Å². The highest BCUT2D eigenvalue weighted by Gasteiger charge is 2.24. The normalized spacial score (nSPS) is 11.9. The van der Waals surface area contributed by atoms with Crippen molar-refractivity contribution in [3.8, 4) is 5.75 Å². The molecule has 43 heavy (non-hydrogen) atoms. The van der Waals surface area contributed by atoms with Gasteiger partial charge in [0.2, 0.25) is 0 Å². The molecule has 7 nitrogen and oxygen atoms in total. The highest BCUT2D eigenvalue weighted by Crippen LogP contribution is 2.19. The molecule has 1 amide bonds. The number of anilines is 1. The minimum Gasteiger partial charge on any atom is -0.489 e. The van der Waals surface area contributed by atoms with E-state index in [9.17, 15) is 14.7 Å². The number of amides is 1. The number of nitrogens with zero attached hydrogens (tertiary/aromatic N) is 1. The minimum absolute atomic E-state index is 0.175. The van der Waals surface area contributed by atoms with Crippen molar-refractivity contribution in [2.24, 2.45) is 5.73 Å². The number of nitrogens with one attached hydrogen (secondary N) is 1. The Kier molecular flexibility index (Phi) is 12.1. The summed E-state index contributed by atoms with van der Waals surface area (Å²) >= 11 is 0. The molecule has 0 aliphatic heterocycles. The highest BCUT2D eigenvalue weighted by atomic mass is 16.5. The van der Waals surface area contributed by atoms with E-state index in [0.29, 0.717) is 43.9 Å². The van der Waals surface area contributed by atoms with Crippen LogP contribution in [0.1, 0.15) is 46.3 Å². The van der Waals surface area contributed by atoms with Gasteiger partial charge in [-0.2, -0.15) is 0 Å². The zero-order valence-electron chi connectivity index (χ0n) is 24.3. The fourth-order valence-electron chi connectivity index (χ4n) is 4.75. The monoisotopic (exact) mass is 577 g/mol. The van der Waals surface area contributed by atoms with E-state index in [4.69, 9.17) is 10.5 Å². The van der Waals surface area contributed by atoms with Crippen LogP contribution in [0.25, 0.3) is 6.08 Å². The highest BCUT2D eigenvalue weighted by molar-refractivity contribution is 6.04. The lowest BCUT2D eigenvalue weighted by Gasteiger charge is -2.28. The summed E-state index contributed by atoms with van der Waals surface area (Å²) in [6.07, 6.45) is 5.95. The van der Waals surface area contributed by atoms with Crippen molar-refractivity contribution in [2.75, 3.05) is 18.4 Å². The third-order valence-electron chi connectivity index (χ3n) is 7.05. The molecule has 4 aromatic carbocycles. The Hall–Kier alpha value is -4.72. The largest absolute Gasteiger partial charge is 0.489 e. The van der Waals surface area contributed by atoms with Crippen molar-refractivity contribution >= 4 is 23.6 Å². The number of carboxylic acid groups (broad SMARTS) is 1. The summed E-state index contributed by atoms with van der Waals surface area (Å²) in [6.45, 7) is 1.92. The van der Waals surface area contributed by atoms with Crippen LogP contribution in [0.5, 0.6) is 5.75 Å². The molecule has 0 aromatic heterocycles. The van der Waals surface area contributed by atoms with Crippen molar-refractivity contribution < 1.29 is 19.4 Å². The Balaban J connectivity index is 1.43. The Morgan fingerprint density at radius 3 is 2.28 bits per heavy atom. The first-order chi connectivity index (χ1) is 21.0. The Morgan fingerprint density at radius 2 is 1.58 bits per heavy atom. The molecule has 4 aromatic rings. The summed E-state index contributed by atoms with van der Waals surface area (Å²) in [5.41, 5.74) is 9.94. The quantitative estimate of drug-likeness (QED) is 0.129. The molecule has 1 atom stereocenters. The molecule has 0 bridgehead atoms. The molecule has 0 spiro atoms. The first-order valence-corrected chi connectivity index (χ1v) is 14.6. The van der Waals surface area contributed by atoms with E-state index in [1.165, 1.54) is 0 Å². The van der Waals surface area contributed by atoms with Crippen LogP contribution in [-0.2, 0) is 17.9 Å². The topological polar surface area (TPSA) is 105 Å². The molecule has 0 fully saturated rings. The van der Waals surface area contributed by atoms with Crippen LogP contribution in [-0.4, -0.2) is 41.0 Å². The van der Waals surface area contributed by atoms with E-state index in [1.54, 1.807) is 12.1 Å². The van der Waals surface area contributed by atoms with Gasteiger partial charge in [0.1, 0.15) is 18.4 Å². The molecule has 7 heteroatoms. The van der Waals surface area contributed by atoms with E-state index >= 15 is 0 Å². The van der Waals surface area contributed by atoms with Crippen molar-refractivity contribution in [3.05, 3.63) is 138 Å². The zero-order valence-corrected chi connectivity index (χ0v) is 24.3. The van der Waals surface area contributed by atoms with Crippen LogP contribution in [0, 0.1) is 0 Å². The predicted octanol–water partition coefficient (Wildman–Crippen LogP) is 6.62. The Morgan fingerprint density at radius 1 is 0.860 bits per heavy atom. The number of nitrogens with two attached hydrogens (primary N) is 1. The second kappa shape index (κ2) is 16.7. The standard InChI is InChI=1S/C36H39N3O4/c37-23-8-7-18-34(36(41)42)39(26-29-19-21-33(22-20-29)43-27-30-11-3-1-4-12-30)24-10-14-28-13-9-17-32(25-28)38-35(40)31-15-5-2-6-16-31/h1-6,9-17,19-22,25,34H,7-8,18,23-24,26-27,37H2,(H,38,40)(H,41,42)/b14-10+/t34-/m0/s1. The number of ether oxygens (including phenoxy) is 1. The molecular weight excluding hydrogens is 538 g/mol. The van der Waals surface area contributed by atoms with Crippen LogP contribution in [0.2, 0.25) is 0 Å². The average molecular weight is 578 g/mol. The second-order valence-electron chi connectivity index (χ2n) is 10.3. The van der Waals surface area contributed by atoms with E-state index in [1.807, 2.05) is 114 Å². The third kappa shape index (κ3) is 10.3. The van der Waals surface area contributed by atoms with Crippen molar-refractivity contribution in [1.29, 1.82) is 0 Å². The molecule has 4 rings (SSSR count). The van der Waals surface area contributed by atoms with Crippen molar-refractivity contribution in [1.82, 2.24) is 4.90 Å². The van der Waals surface area contributed by atoms with Gasteiger partial charge >= 0.3 is 5.97 Å². The zero-order chi connectivity index (χ0) is 30.3. The van der Waals surface area contributed by atoms with Gasteiger partial charge in [-0.25, -0.2) is 0 Å². The Labute approximate surface area is 253 Å². The number of carbonyl (C=O) groups is 2. The Bertz CT molecular complexity index is 1460. The van der Waals surface area contributed by atoms with Crippen molar-refractivity contribution in [2.45, 2.75) is 38.5 Å². The number of hydrogen-bond donors (Lipinski definition) is 3. The van der Waals surface area contributed by atoms with Crippen LogP contribution in [0.4, 0.5) is 5.69 Å². The van der Waals surface area contributed by atoms with Crippen LogP contribution in [0.3, 0.4) is 0 Å². The molecular formula is C36H39N3O4. The van der Waals surface area contributed by atoms with Gasteiger partial charge in [0.05, 0.1) is 0 Å². The van der Waals surface area contributed by atoms with Gasteiger partial charge < -0.3 is 20.9 Å². The first-order valence-electron chi connectivity index (χ1n) is 14.6. The van der Waals surface area contributed by atoms with Gasteiger partial charge in [-0.05, 0) is 72.5 Å². The maximum Gasteiger partial charge on any atom is 0.320 e. The summed E-state index contributed by atoms with van der Waals surface area (Å²) < 4.78 is 5.92.